The number of carbonyl (C=O) groups is 4. The lowest BCUT2D eigenvalue weighted by Gasteiger charge is -2.39. The molecule has 5 aliphatic rings. The largest absolute Gasteiger partial charge is 0.461 e. The molecule has 10 rings (SSSR count). The van der Waals surface area contributed by atoms with Crippen LogP contribution in [0.3, 0.4) is 0 Å². The summed E-state index contributed by atoms with van der Waals surface area (Å²) in [7, 11) is 1.86. The van der Waals surface area contributed by atoms with Gasteiger partial charge < -0.3 is 89.3 Å². The van der Waals surface area contributed by atoms with E-state index in [-0.39, 0.29) is 72.8 Å². The molecule has 27 nitrogen and oxygen atoms in total. The Balaban J connectivity index is 0.783. The van der Waals surface area contributed by atoms with Crippen LogP contribution in [0.4, 0.5) is 9.18 Å². The van der Waals surface area contributed by atoms with E-state index in [1.807, 2.05) is 11.7 Å². The number of aromatic nitrogens is 5. The number of nitrogens with one attached hydrogen (secondary N) is 4. The van der Waals surface area contributed by atoms with Crippen LogP contribution in [-0.4, -0.2) is 184 Å². The Morgan fingerprint density at radius 1 is 0.886 bits per heavy atom. The zero-order valence-electron chi connectivity index (χ0n) is 49.3. The van der Waals surface area contributed by atoms with E-state index in [0.29, 0.717) is 110 Å². The summed E-state index contributed by atoms with van der Waals surface area (Å²) in [6.07, 6.45) is -4.90. The lowest BCUT2D eigenvalue weighted by Crippen LogP contribution is -2.60. The summed E-state index contributed by atoms with van der Waals surface area (Å²) < 4.78 is 64.3. The number of amides is 3. The molecule has 476 valence electrons. The Hall–Kier alpha value is -7.09. The van der Waals surface area contributed by atoms with Crippen molar-refractivity contribution in [3.05, 3.63) is 102 Å². The standard InChI is InChI=1S/C60H76FN9O18/c1-4-60(80)38-25-43-50-36(27-69(43)56(77)37(38)30-85-58(60)78)49-40(12-11-34-32(2)39(61)26-41(65-50)48(34)49)66-59(79)86-29-33-10-13-44(87-57-54(75)53(74)52(73)46(28-71)88-57)35(24-33)55(76)64-15-14-63-47(72)31-84-45-9-7-5-6-8-42-51(45)67-68-70(42)17-19-82-21-23-83-22-20-81-18-16-62-3/h10,13,24-26,40,45-46,52-54,57,62,71,73-75,80H,4-9,11-12,14-23,27-31H2,1-3H3,(H,63,72)(H,64,76)(H,66,79)/t40-,45?,46+,52+,53-,54+,57+,60-/m0/s1. The predicted octanol–water partition coefficient (Wildman–Crippen LogP) is 1.20. The number of ether oxygens (including phenoxy) is 8. The van der Waals surface area contributed by atoms with Crippen LogP contribution < -0.4 is 31.6 Å². The number of rotatable bonds is 26. The van der Waals surface area contributed by atoms with Crippen LogP contribution in [0.1, 0.15) is 118 Å². The van der Waals surface area contributed by atoms with E-state index >= 15 is 4.39 Å². The van der Waals surface area contributed by atoms with Gasteiger partial charge in [0, 0.05) is 42.2 Å². The molecule has 2 aliphatic carbocycles. The van der Waals surface area contributed by atoms with Gasteiger partial charge in [-0.2, -0.15) is 0 Å². The van der Waals surface area contributed by atoms with Crippen molar-refractivity contribution in [2.75, 3.05) is 79.5 Å². The summed E-state index contributed by atoms with van der Waals surface area (Å²) in [6.45, 7) is 5.49. The molecule has 0 spiro atoms. The minimum absolute atomic E-state index is 0.0119. The highest BCUT2D eigenvalue weighted by Crippen LogP contribution is 2.46. The molecular weight excluding hydrogens is 1150 g/mol. The normalized spacial score (nSPS) is 22.8. The molecule has 0 saturated carbocycles. The highest BCUT2D eigenvalue weighted by Gasteiger charge is 2.47. The van der Waals surface area contributed by atoms with E-state index in [9.17, 15) is 49.5 Å². The van der Waals surface area contributed by atoms with Crippen molar-refractivity contribution in [2.24, 2.45) is 0 Å². The van der Waals surface area contributed by atoms with Crippen molar-refractivity contribution in [3.63, 3.8) is 0 Å². The highest BCUT2D eigenvalue weighted by molar-refractivity contribution is 5.97. The Bertz CT molecular complexity index is 3430. The van der Waals surface area contributed by atoms with E-state index in [0.717, 1.165) is 37.9 Å². The molecule has 3 aromatic heterocycles. The fraction of sp³-hybridized carbons (Fsp3) is 0.567. The molecule has 1 unspecified atom stereocenters. The second-order valence-electron chi connectivity index (χ2n) is 22.4. The van der Waals surface area contributed by atoms with Crippen LogP contribution >= 0.6 is 0 Å². The summed E-state index contributed by atoms with van der Waals surface area (Å²) >= 11 is 0. The minimum Gasteiger partial charge on any atom is -0.461 e. The summed E-state index contributed by atoms with van der Waals surface area (Å²) in [6, 6.07) is 6.31. The predicted molar refractivity (Wildman–Crippen MR) is 307 cm³/mol. The second kappa shape index (κ2) is 28.6. The third kappa shape index (κ3) is 13.6. The number of nitrogens with zero attached hydrogens (tertiary/aromatic N) is 5. The van der Waals surface area contributed by atoms with Gasteiger partial charge in [-0.15, -0.1) is 5.10 Å². The summed E-state index contributed by atoms with van der Waals surface area (Å²) in [5.74, 6) is -2.72. The number of hydrogen-bond acceptors (Lipinski definition) is 22. The van der Waals surface area contributed by atoms with Gasteiger partial charge in [0.25, 0.3) is 11.5 Å². The molecule has 28 heteroatoms. The zero-order valence-corrected chi connectivity index (χ0v) is 49.3. The maximum atomic E-state index is 15.6. The van der Waals surface area contributed by atoms with Crippen LogP contribution in [0.2, 0.25) is 0 Å². The summed E-state index contributed by atoms with van der Waals surface area (Å²) in [4.78, 5) is 73.1. The number of carbonyl (C=O) groups excluding carboxylic acids is 4. The van der Waals surface area contributed by atoms with Crippen molar-refractivity contribution < 1.29 is 87.0 Å². The number of halogens is 1. The molecule has 0 bridgehead atoms. The molecule has 1 saturated heterocycles. The third-order valence-corrected chi connectivity index (χ3v) is 16.8. The first-order chi connectivity index (χ1) is 42.5. The molecule has 5 aromatic rings. The Morgan fingerprint density at radius 2 is 1.66 bits per heavy atom. The second-order valence-corrected chi connectivity index (χ2v) is 22.4. The number of hydrogen-bond donors (Lipinski definition) is 9. The summed E-state index contributed by atoms with van der Waals surface area (Å²) in [5.41, 5.74) is 2.59. The van der Waals surface area contributed by atoms with Crippen LogP contribution in [-0.2, 0) is 87.5 Å². The van der Waals surface area contributed by atoms with Gasteiger partial charge in [0.05, 0.1) is 99.1 Å². The number of cyclic esters (lactones) is 1. The van der Waals surface area contributed by atoms with Crippen molar-refractivity contribution in [1.82, 2.24) is 45.8 Å². The number of benzene rings is 2. The van der Waals surface area contributed by atoms with E-state index in [2.05, 4.69) is 31.6 Å². The fourth-order valence-corrected chi connectivity index (χ4v) is 12.0. The van der Waals surface area contributed by atoms with Crippen molar-refractivity contribution in [2.45, 2.75) is 140 Å². The fourth-order valence-electron chi connectivity index (χ4n) is 12.0. The van der Waals surface area contributed by atoms with Gasteiger partial charge >= 0.3 is 12.1 Å². The van der Waals surface area contributed by atoms with Crippen molar-refractivity contribution in [3.8, 4) is 17.1 Å². The number of aliphatic hydroxyl groups is 5. The smallest absolute Gasteiger partial charge is 0.407 e. The lowest BCUT2D eigenvalue weighted by molar-refractivity contribution is -0.277. The maximum absolute atomic E-state index is 15.6. The Labute approximate surface area is 505 Å². The minimum atomic E-state index is -2.08. The highest BCUT2D eigenvalue weighted by atomic mass is 19.1. The molecule has 8 atom stereocenters. The van der Waals surface area contributed by atoms with Crippen molar-refractivity contribution >= 4 is 34.8 Å². The van der Waals surface area contributed by atoms with Gasteiger partial charge in [0.2, 0.25) is 12.2 Å². The Morgan fingerprint density at radius 3 is 2.43 bits per heavy atom. The average molecular weight is 1230 g/mol. The Kier molecular flexibility index (Phi) is 20.8. The van der Waals surface area contributed by atoms with Gasteiger partial charge in [0.1, 0.15) is 67.6 Å². The lowest BCUT2D eigenvalue weighted by atomic mass is 9.81. The van der Waals surface area contributed by atoms with E-state index in [1.54, 1.807) is 19.9 Å². The number of aliphatic hydroxyl groups excluding tert-OH is 4. The van der Waals surface area contributed by atoms with Crippen LogP contribution in [0.5, 0.6) is 5.75 Å². The summed E-state index contributed by atoms with van der Waals surface area (Å²) in [5, 5.41) is 74.0. The number of esters is 1. The number of alkyl carbamates (subject to hydrolysis) is 1. The number of pyridine rings is 2. The van der Waals surface area contributed by atoms with Crippen LogP contribution in [0, 0.1) is 12.7 Å². The van der Waals surface area contributed by atoms with E-state index in [1.165, 1.54) is 28.8 Å². The molecule has 9 N–H and O–H groups in total. The molecule has 88 heavy (non-hydrogen) atoms. The number of aryl methyl sites for hydroxylation is 1. The molecule has 6 heterocycles. The van der Waals surface area contributed by atoms with Gasteiger partial charge in [-0.05, 0) is 92.9 Å². The third-order valence-electron chi connectivity index (χ3n) is 16.8. The van der Waals surface area contributed by atoms with Gasteiger partial charge in [-0.1, -0.05) is 31.0 Å². The number of likely N-dealkylation sites (N-methyl/N-ethyl adjacent to an activating group) is 1. The maximum Gasteiger partial charge on any atom is 0.407 e. The van der Waals surface area contributed by atoms with Crippen LogP contribution in [0.15, 0.2) is 35.1 Å². The molecule has 3 aliphatic heterocycles. The first kappa shape index (κ1) is 63.9. The van der Waals surface area contributed by atoms with Gasteiger partial charge in [-0.25, -0.2) is 23.6 Å². The molecular formula is C60H76FN9O18. The SMILES string of the molecule is CC[C@@]1(O)C(=O)OCc2c1cc1n(c2=O)Cc2c-1nc1cc(F)c(C)c3c1c2[C@@H](NC(=O)OCc1ccc(O[C@@H]2O[C@H](CO)[C@@H](O)[C@H](O)[C@H]2O)c(C(=O)NCCNC(=O)COC2CCCCCc4c2nnn4CCOCCOCCOCCNC)c1)CC3. The molecule has 3 amide bonds. The van der Waals surface area contributed by atoms with Crippen molar-refractivity contribution in [1.29, 1.82) is 0 Å². The molecule has 1 fully saturated rings. The van der Waals surface area contributed by atoms with Gasteiger partial charge in [-0.3, -0.25) is 14.4 Å². The average Bonchev–Trinajstić information content (AvgIpc) is 1.49. The topological polar surface area (TPSA) is 357 Å². The molecule has 2 aromatic carbocycles. The quantitative estimate of drug-likeness (QED) is 0.0272. The van der Waals surface area contributed by atoms with E-state index in [4.69, 9.17) is 42.9 Å². The van der Waals surface area contributed by atoms with Crippen LogP contribution in [0.25, 0.3) is 22.3 Å². The number of fused-ring (bicyclic) bond motifs is 6. The van der Waals surface area contributed by atoms with E-state index < -0.39 is 96.9 Å². The monoisotopic (exact) mass is 1230 g/mol. The first-order valence-corrected chi connectivity index (χ1v) is 29.9. The van der Waals surface area contributed by atoms with Gasteiger partial charge in [0.15, 0.2) is 5.60 Å². The first-order valence-electron chi connectivity index (χ1n) is 29.9. The molecule has 0 radical (unpaired) electrons. The zero-order chi connectivity index (χ0) is 62.2.